The summed E-state index contributed by atoms with van der Waals surface area (Å²) in [6.07, 6.45) is 1.57. The third kappa shape index (κ3) is 6.48. The summed E-state index contributed by atoms with van der Waals surface area (Å²) in [5.74, 6) is 0.847. The van der Waals surface area contributed by atoms with Gasteiger partial charge in [0.2, 0.25) is 5.91 Å². The van der Waals surface area contributed by atoms with E-state index in [1.807, 2.05) is 60.0 Å². The van der Waals surface area contributed by atoms with Crippen LogP contribution in [0.25, 0.3) is 11.4 Å². The summed E-state index contributed by atoms with van der Waals surface area (Å²) in [4.78, 5) is 12.7. The molecule has 0 fully saturated rings. The van der Waals surface area contributed by atoms with Gasteiger partial charge in [0.05, 0.1) is 16.8 Å². The van der Waals surface area contributed by atoms with Crippen molar-refractivity contribution in [3.8, 4) is 11.4 Å². The van der Waals surface area contributed by atoms with Gasteiger partial charge >= 0.3 is 0 Å². The molecule has 0 aliphatic heterocycles. The first-order valence-corrected chi connectivity index (χ1v) is 12.1. The molecule has 32 heavy (non-hydrogen) atoms. The van der Waals surface area contributed by atoms with Crippen LogP contribution in [0.3, 0.4) is 0 Å². The fourth-order valence-electron chi connectivity index (χ4n) is 3.29. The minimum atomic E-state index is -0.0707. The smallest absolute Gasteiger partial charge is 0.230 e. The molecular weight excluding hydrogens is 467 g/mol. The third-order valence-electron chi connectivity index (χ3n) is 4.91. The fourth-order valence-corrected chi connectivity index (χ4v) is 4.41. The number of methoxy groups -OCH3 is 1. The number of nitrogens with zero attached hydrogens (tertiary/aromatic N) is 3. The molecule has 3 rings (SSSR count). The molecule has 1 atom stereocenters. The fraction of sp³-hybridized carbons (Fsp3) is 0.348. The number of ether oxygens (including phenoxy) is 1. The van der Waals surface area contributed by atoms with E-state index in [9.17, 15) is 4.79 Å². The Bertz CT molecular complexity index is 1030. The van der Waals surface area contributed by atoms with Crippen molar-refractivity contribution in [2.45, 2.75) is 37.5 Å². The Morgan fingerprint density at radius 3 is 2.59 bits per heavy atom. The van der Waals surface area contributed by atoms with Crippen molar-refractivity contribution < 1.29 is 9.53 Å². The zero-order chi connectivity index (χ0) is 22.9. The molecule has 1 amide bonds. The van der Waals surface area contributed by atoms with Gasteiger partial charge in [-0.25, -0.2) is 0 Å². The van der Waals surface area contributed by atoms with Gasteiger partial charge in [0, 0.05) is 30.8 Å². The molecule has 0 spiro atoms. The van der Waals surface area contributed by atoms with E-state index < -0.39 is 0 Å². The van der Waals surface area contributed by atoms with Gasteiger partial charge in [-0.2, -0.15) is 0 Å². The maximum atomic E-state index is 12.7. The number of benzene rings is 2. The number of carbonyl (C=O) groups is 1. The topological polar surface area (TPSA) is 69.0 Å². The molecule has 170 valence electrons. The monoisotopic (exact) mass is 492 g/mol. The summed E-state index contributed by atoms with van der Waals surface area (Å²) in [5, 5.41) is 13.7. The number of hydrogen-bond donors (Lipinski definition) is 1. The van der Waals surface area contributed by atoms with Gasteiger partial charge in [0.15, 0.2) is 11.0 Å². The maximum Gasteiger partial charge on any atom is 0.230 e. The first kappa shape index (κ1) is 24.6. The number of hydrogen-bond acceptors (Lipinski definition) is 5. The minimum absolute atomic E-state index is 0.0671. The molecule has 0 saturated heterocycles. The van der Waals surface area contributed by atoms with Crippen LogP contribution in [0.2, 0.25) is 10.0 Å². The Hall–Kier alpha value is -2.06. The molecule has 0 aliphatic rings. The van der Waals surface area contributed by atoms with Crippen LogP contribution >= 0.6 is 35.0 Å². The number of nitrogens with one attached hydrogen (secondary N) is 1. The lowest BCUT2D eigenvalue weighted by Crippen LogP contribution is -2.29. The van der Waals surface area contributed by atoms with Crippen LogP contribution in [0.5, 0.6) is 0 Å². The van der Waals surface area contributed by atoms with E-state index in [-0.39, 0.29) is 17.7 Å². The largest absolute Gasteiger partial charge is 0.385 e. The van der Waals surface area contributed by atoms with Crippen molar-refractivity contribution in [2.24, 2.45) is 0 Å². The molecular formula is C23H26Cl2N4O2S. The Labute approximate surface area is 202 Å². The second-order valence-corrected chi connectivity index (χ2v) is 8.94. The van der Waals surface area contributed by atoms with Crippen LogP contribution in [-0.4, -0.2) is 40.1 Å². The molecule has 1 aromatic heterocycles. The van der Waals surface area contributed by atoms with Gasteiger partial charge in [-0.3, -0.25) is 4.79 Å². The standard InChI is InChI=1S/C23H26Cl2N4O2S/c1-3-20(16-9-11-17(24)12-10-16)26-21(30)15-32-23-28-27-22(29(23)13-6-14-31-2)18-7-4-5-8-19(18)25/h4-5,7-12,20H,3,6,13-15H2,1-2H3,(H,26,30). The van der Waals surface area contributed by atoms with Crippen LogP contribution in [0.15, 0.2) is 53.7 Å². The summed E-state index contributed by atoms with van der Waals surface area (Å²) >= 11 is 13.7. The SMILES string of the molecule is CCC(NC(=O)CSc1nnc(-c2ccccc2Cl)n1CCCOC)c1ccc(Cl)cc1. The van der Waals surface area contributed by atoms with Gasteiger partial charge in [-0.05, 0) is 42.7 Å². The average Bonchev–Trinajstić information content (AvgIpc) is 3.19. The Kier molecular flexibility index (Phi) is 9.41. The number of thioether (sulfide) groups is 1. The molecule has 1 N–H and O–H groups in total. The second kappa shape index (κ2) is 12.3. The highest BCUT2D eigenvalue weighted by atomic mass is 35.5. The Balaban J connectivity index is 1.71. The highest BCUT2D eigenvalue weighted by Crippen LogP contribution is 2.29. The zero-order valence-electron chi connectivity index (χ0n) is 18.1. The van der Waals surface area contributed by atoms with Crippen LogP contribution in [0.1, 0.15) is 31.4 Å². The molecule has 9 heteroatoms. The van der Waals surface area contributed by atoms with Gasteiger partial charge in [-0.15, -0.1) is 10.2 Å². The van der Waals surface area contributed by atoms with Crippen LogP contribution < -0.4 is 5.32 Å². The van der Waals surface area contributed by atoms with Gasteiger partial charge in [0.1, 0.15) is 0 Å². The summed E-state index contributed by atoms with van der Waals surface area (Å²) in [6, 6.07) is 15.0. The summed E-state index contributed by atoms with van der Waals surface area (Å²) in [5.41, 5.74) is 1.84. The van der Waals surface area contributed by atoms with Gasteiger partial charge < -0.3 is 14.6 Å². The van der Waals surface area contributed by atoms with Crippen LogP contribution in [0.4, 0.5) is 0 Å². The van der Waals surface area contributed by atoms with Crippen LogP contribution in [0, 0.1) is 0 Å². The van der Waals surface area contributed by atoms with E-state index in [0.29, 0.717) is 34.2 Å². The predicted molar refractivity (Wildman–Crippen MR) is 130 cm³/mol. The van der Waals surface area contributed by atoms with E-state index in [2.05, 4.69) is 15.5 Å². The van der Waals surface area contributed by atoms with E-state index in [1.54, 1.807) is 7.11 Å². The summed E-state index contributed by atoms with van der Waals surface area (Å²) in [7, 11) is 1.67. The number of aromatic nitrogens is 3. The van der Waals surface area contributed by atoms with Gasteiger partial charge in [0.25, 0.3) is 0 Å². The molecule has 3 aromatic rings. The summed E-state index contributed by atoms with van der Waals surface area (Å²) in [6.45, 7) is 3.31. The van der Waals surface area contributed by atoms with E-state index in [0.717, 1.165) is 24.0 Å². The average molecular weight is 493 g/mol. The number of carbonyl (C=O) groups excluding carboxylic acids is 1. The lowest BCUT2D eigenvalue weighted by molar-refractivity contribution is -0.119. The molecule has 1 unspecified atom stereocenters. The third-order valence-corrected chi connectivity index (χ3v) is 6.46. The number of rotatable bonds is 11. The lowest BCUT2D eigenvalue weighted by atomic mass is 10.0. The molecule has 6 nitrogen and oxygen atoms in total. The molecule has 0 radical (unpaired) electrons. The van der Waals surface area contributed by atoms with Crippen molar-refractivity contribution >= 4 is 40.9 Å². The van der Waals surface area contributed by atoms with Crippen molar-refractivity contribution in [2.75, 3.05) is 19.5 Å². The molecule has 2 aromatic carbocycles. The summed E-state index contributed by atoms with van der Waals surface area (Å²) < 4.78 is 7.19. The highest BCUT2D eigenvalue weighted by molar-refractivity contribution is 7.99. The lowest BCUT2D eigenvalue weighted by Gasteiger charge is -2.17. The van der Waals surface area contributed by atoms with E-state index in [4.69, 9.17) is 27.9 Å². The van der Waals surface area contributed by atoms with Crippen molar-refractivity contribution in [1.82, 2.24) is 20.1 Å². The van der Waals surface area contributed by atoms with Gasteiger partial charge in [-0.1, -0.05) is 66.2 Å². The molecule has 0 aliphatic carbocycles. The second-order valence-electron chi connectivity index (χ2n) is 7.15. The highest BCUT2D eigenvalue weighted by Gasteiger charge is 2.18. The zero-order valence-corrected chi connectivity index (χ0v) is 20.4. The normalized spacial score (nSPS) is 12.0. The minimum Gasteiger partial charge on any atom is -0.385 e. The Morgan fingerprint density at radius 1 is 1.16 bits per heavy atom. The van der Waals surface area contributed by atoms with E-state index >= 15 is 0 Å². The quantitative estimate of drug-likeness (QED) is 0.276. The Morgan fingerprint density at radius 2 is 1.91 bits per heavy atom. The molecule has 0 saturated carbocycles. The van der Waals surface area contributed by atoms with Crippen molar-refractivity contribution in [1.29, 1.82) is 0 Å². The maximum absolute atomic E-state index is 12.7. The van der Waals surface area contributed by atoms with Crippen LogP contribution in [-0.2, 0) is 16.1 Å². The molecule has 1 heterocycles. The first-order valence-electron chi connectivity index (χ1n) is 10.4. The first-order chi connectivity index (χ1) is 15.5. The van der Waals surface area contributed by atoms with Crippen molar-refractivity contribution in [3.05, 3.63) is 64.1 Å². The van der Waals surface area contributed by atoms with Crippen molar-refractivity contribution in [3.63, 3.8) is 0 Å². The molecule has 0 bridgehead atoms. The predicted octanol–water partition coefficient (Wildman–Crippen LogP) is 5.65. The number of amides is 1. The number of halogens is 2. The van der Waals surface area contributed by atoms with E-state index in [1.165, 1.54) is 11.8 Å².